The summed E-state index contributed by atoms with van der Waals surface area (Å²) in [6.45, 7) is 1.92. The standard InChI is InChI=1S/C18H21N3O/c1-13-19-11-8-17(20-13)21-15-12-18(9-4-5-10-18)22-16-7-3-2-6-14(15)16/h2-3,6-8,11,15H,4-5,9-10,12H2,1H3,(H,19,20,21). The first-order valence-electron chi connectivity index (χ1n) is 8.08. The summed E-state index contributed by atoms with van der Waals surface area (Å²) in [6.07, 6.45) is 7.65. The van der Waals surface area contributed by atoms with Crippen molar-refractivity contribution in [3.63, 3.8) is 0 Å². The summed E-state index contributed by atoms with van der Waals surface area (Å²) in [5.74, 6) is 2.71. The summed E-state index contributed by atoms with van der Waals surface area (Å²) >= 11 is 0. The Morgan fingerprint density at radius 2 is 2.00 bits per heavy atom. The highest BCUT2D eigenvalue weighted by atomic mass is 16.5. The fourth-order valence-corrected chi connectivity index (χ4v) is 3.79. The lowest BCUT2D eigenvalue weighted by Gasteiger charge is -2.40. The molecular formula is C18H21N3O. The van der Waals surface area contributed by atoms with Crippen LogP contribution in [0.5, 0.6) is 5.75 Å². The lowest BCUT2D eigenvalue weighted by atomic mass is 9.86. The van der Waals surface area contributed by atoms with Gasteiger partial charge in [0.1, 0.15) is 23.0 Å². The van der Waals surface area contributed by atoms with Gasteiger partial charge in [-0.2, -0.15) is 0 Å². The molecule has 2 aromatic rings. The molecule has 1 aromatic carbocycles. The SMILES string of the molecule is Cc1nccc(NC2CC3(CCCC3)Oc3ccccc32)n1. The molecule has 1 spiro atoms. The van der Waals surface area contributed by atoms with Crippen LogP contribution in [-0.4, -0.2) is 15.6 Å². The van der Waals surface area contributed by atoms with Gasteiger partial charge in [0.25, 0.3) is 0 Å². The predicted molar refractivity (Wildman–Crippen MR) is 86.0 cm³/mol. The third kappa shape index (κ3) is 2.43. The van der Waals surface area contributed by atoms with Gasteiger partial charge in [0, 0.05) is 18.2 Å². The molecule has 1 atom stereocenters. The molecule has 1 aliphatic carbocycles. The van der Waals surface area contributed by atoms with E-state index >= 15 is 0 Å². The predicted octanol–water partition coefficient (Wildman–Crippen LogP) is 4.03. The molecule has 2 heterocycles. The second kappa shape index (κ2) is 5.27. The van der Waals surface area contributed by atoms with E-state index in [9.17, 15) is 0 Å². The monoisotopic (exact) mass is 295 g/mol. The first kappa shape index (κ1) is 13.6. The molecule has 1 unspecified atom stereocenters. The zero-order chi connectivity index (χ0) is 15.0. The summed E-state index contributed by atoms with van der Waals surface area (Å²) in [5, 5.41) is 3.60. The van der Waals surface area contributed by atoms with Gasteiger partial charge >= 0.3 is 0 Å². The summed E-state index contributed by atoms with van der Waals surface area (Å²) in [5.41, 5.74) is 1.24. The first-order chi connectivity index (χ1) is 10.7. The highest BCUT2D eigenvalue weighted by Crippen LogP contribution is 2.47. The van der Waals surface area contributed by atoms with Gasteiger partial charge in [-0.1, -0.05) is 18.2 Å². The number of nitrogens with zero attached hydrogens (tertiary/aromatic N) is 2. The van der Waals surface area contributed by atoms with Crippen molar-refractivity contribution < 1.29 is 4.74 Å². The van der Waals surface area contributed by atoms with Gasteiger partial charge < -0.3 is 10.1 Å². The summed E-state index contributed by atoms with van der Waals surface area (Å²) in [7, 11) is 0. The van der Waals surface area contributed by atoms with Crippen LogP contribution < -0.4 is 10.1 Å². The number of benzene rings is 1. The smallest absolute Gasteiger partial charge is 0.130 e. The average Bonchev–Trinajstić information content (AvgIpc) is 2.95. The zero-order valence-corrected chi connectivity index (χ0v) is 12.9. The van der Waals surface area contributed by atoms with Crippen molar-refractivity contribution in [1.29, 1.82) is 0 Å². The maximum Gasteiger partial charge on any atom is 0.130 e. The normalized spacial score (nSPS) is 22.1. The zero-order valence-electron chi connectivity index (χ0n) is 12.9. The number of hydrogen-bond donors (Lipinski definition) is 1. The minimum atomic E-state index is 0.00803. The topological polar surface area (TPSA) is 47.0 Å². The van der Waals surface area contributed by atoms with Gasteiger partial charge in [0.15, 0.2) is 0 Å². The van der Waals surface area contributed by atoms with E-state index in [1.807, 2.05) is 13.0 Å². The molecule has 1 aromatic heterocycles. The highest BCUT2D eigenvalue weighted by Gasteiger charge is 2.43. The maximum absolute atomic E-state index is 6.40. The van der Waals surface area contributed by atoms with E-state index in [-0.39, 0.29) is 11.6 Å². The van der Waals surface area contributed by atoms with Crippen molar-refractivity contribution in [3.8, 4) is 5.75 Å². The Morgan fingerprint density at radius 3 is 2.82 bits per heavy atom. The Morgan fingerprint density at radius 1 is 1.18 bits per heavy atom. The number of ether oxygens (including phenoxy) is 1. The Labute approximate surface area is 130 Å². The van der Waals surface area contributed by atoms with E-state index in [4.69, 9.17) is 4.74 Å². The van der Waals surface area contributed by atoms with Crippen LogP contribution in [0.3, 0.4) is 0 Å². The number of anilines is 1. The van der Waals surface area contributed by atoms with Gasteiger partial charge in [0.2, 0.25) is 0 Å². The van der Waals surface area contributed by atoms with Crippen LogP contribution in [0.25, 0.3) is 0 Å². The van der Waals surface area contributed by atoms with Gasteiger partial charge in [-0.3, -0.25) is 0 Å². The number of aromatic nitrogens is 2. The summed E-state index contributed by atoms with van der Waals surface area (Å²) in [4.78, 5) is 8.66. The molecule has 0 bridgehead atoms. The number of fused-ring (bicyclic) bond motifs is 1. The summed E-state index contributed by atoms with van der Waals surface area (Å²) in [6, 6.07) is 10.6. The van der Waals surface area contributed by atoms with Crippen LogP contribution in [0.15, 0.2) is 36.5 Å². The third-order valence-corrected chi connectivity index (χ3v) is 4.81. The minimum Gasteiger partial charge on any atom is -0.487 e. The molecular weight excluding hydrogens is 274 g/mol. The van der Waals surface area contributed by atoms with Crippen molar-refractivity contribution in [2.24, 2.45) is 0 Å². The molecule has 1 fully saturated rings. The highest BCUT2D eigenvalue weighted by molar-refractivity contribution is 5.45. The Hall–Kier alpha value is -2.10. The van der Waals surface area contributed by atoms with Crippen molar-refractivity contribution in [2.75, 3.05) is 5.32 Å². The van der Waals surface area contributed by atoms with Crippen molar-refractivity contribution >= 4 is 5.82 Å². The Kier molecular flexibility index (Phi) is 3.25. The molecule has 22 heavy (non-hydrogen) atoms. The lowest BCUT2D eigenvalue weighted by molar-refractivity contribution is 0.0453. The number of hydrogen-bond acceptors (Lipinski definition) is 4. The van der Waals surface area contributed by atoms with E-state index in [2.05, 4.69) is 39.6 Å². The van der Waals surface area contributed by atoms with Gasteiger partial charge in [-0.25, -0.2) is 9.97 Å². The second-order valence-corrected chi connectivity index (χ2v) is 6.42. The molecule has 0 radical (unpaired) electrons. The van der Waals surface area contributed by atoms with Crippen molar-refractivity contribution in [1.82, 2.24) is 9.97 Å². The molecule has 1 saturated carbocycles. The van der Waals surface area contributed by atoms with Crippen LogP contribution in [0.4, 0.5) is 5.82 Å². The van der Waals surface area contributed by atoms with Gasteiger partial charge in [0.05, 0.1) is 6.04 Å². The lowest BCUT2D eigenvalue weighted by Crippen LogP contribution is -2.40. The number of rotatable bonds is 2. The summed E-state index contributed by atoms with van der Waals surface area (Å²) < 4.78 is 6.40. The number of para-hydroxylation sites is 1. The van der Waals surface area contributed by atoms with Gasteiger partial charge in [-0.05, 0) is 44.7 Å². The van der Waals surface area contributed by atoms with E-state index in [1.165, 1.54) is 18.4 Å². The molecule has 2 aliphatic rings. The third-order valence-electron chi connectivity index (χ3n) is 4.81. The van der Waals surface area contributed by atoms with Crippen LogP contribution >= 0.6 is 0 Å². The maximum atomic E-state index is 6.40. The molecule has 114 valence electrons. The Balaban J connectivity index is 1.67. The fraction of sp³-hybridized carbons (Fsp3) is 0.444. The van der Waals surface area contributed by atoms with E-state index in [0.717, 1.165) is 36.7 Å². The van der Waals surface area contributed by atoms with Crippen LogP contribution in [-0.2, 0) is 0 Å². The second-order valence-electron chi connectivity index (χ2n) is 6.42. The molecule has 4 heteroatoms. The van der Waals surface area contributed by atoms with Crippen LogP contribution in [0, 0.1) is 6.92 Å². The van der Waals surface area contributed by atoms with Crippen molar-refractivity contribution in [2.45, 2.75) is 50.7 Å². The molecule has 1 aliphatic heterocycles. The van der Waals surface area contributed by atoms with Crippen molar-refractivity contribution in [3.05, 3.63) is 47.9 Å². The molecule has 1 N–H and O–H groups in total. The van der Waals surface area contributed by atoms with Gasteiger partial charge in [-0.15, -0.1) is 0 Å². The quantitative estimate of drug-likeness (QED) is 0.908. The molecule has 4 rings (SSSR count). The van der Waals surface area contributed by atoms with E-state index in [0.29, 0.717) is 0 Å². The van der Waals surface area contributed by atoms with Crippen LogP contribution in [0.1, 0.15) is 49.5 Å². The largest absolute Gasteiger partial charge is 0.487 e. The Bertz CT molecular complexity index is 680. The molecule has 0 amide bonds. The van der Waals surface area contributed by atoms with Crippen LogP contribution in [0.2, 0.25) is 0 Å². The van der Waals surface area contributed by atoms with E-state index in [1.54, 1.807) is 6.20 Å². The fourth-order valence-electron chi connectivity index (χ4n) is 3.79. The average molecular weight is 295 g/mol. The first-order valence-corrected chi connectivity index (χ1v) is 8.08. The molecule has 4 nitrogen and oxygen atoms in total. The number of nitrogens with one attached hydrogen (secondary N) is 1. The number of aryl methyl sites for hydroxylation is 1. The molecule has 0 saturated heterocycles. The van der Waals surface area contributed by atoms with E-state index < -0.39 is 0 Å². The minimum absolute atomic E-state index is 0.00803.